The quantitative estimate of drug-likeness (QED) is 0.911. The van der Waals surface area contributed by atoms with Gasteiger partial charge in [-0.05, 0) is 18.2 Å². The lowest BCUT2D eigenvalue weighted by molar-refractivity contribution is 0.478. The SMILES string of the molecule is Nc1cnc(Oc2cccc(Br)c2)s1. The van der Waals surface area contributed by atoms with Crippen LogP contribution in [0.1, 0.15) is 0 Å². The number of hydrogen-bond donors (Lipinski definition) is 1. The molecular formula is C9H7BrN2OS. The molecule has 0 saturated carbocycles. The standard InChI is InChI=1S/C9H7BrN2OS/c10-6-2-1-3-7(4-6)13-9-12-5-8(11)14-9/h1-5H,11H2. The average molecular weight is 271 g/mol. The maximum Gasteiger partial charge on any atom is 0.280 e. The van der Waals surface area contributed by atoms with Crippen LogP contribution in [0, 0.1) is 0 Å². The molecule has 0 aliphatic heterocycles. The minimum Gasteiger partial charge on any atom is -0.431 e. The van der Waals surface area contributed by atoms with Gasteiger partial charge in [0.05, 0.1) is 6.20 Å². The first-order valence-electron chi connectivity index (χ1n) is 3.89. The van der Waals surface area contributed by atoms with Gasteiger partial charge < -0.3 is 10.5 Å². The normalized spacial score (nSPS) is 10.1. The molecule has 3 nitrogen and oxygen atoms in total. The van der Waals surface area contributed by atoms with Crippen LogP contribution in [-0.4, -0.2) is 4.98 Å². The zero-order chi connectivity index (χ0) is 9.97. The number of thiazole rings is 1. The predicted octanol–water partition coefficient (Wildman–Crippen LogP) is 3.28. The fourth-order valence-corrected chi connectivity index (χ4v) is 1.88. The van der Waals surface area contributed by atoms with Crippen molar-refractivity contribution in [1.29, 1.82) is 0 Å². The van der Waals surface area contributed by atoms with E-state index in [0.717, 1.165) is 10.2 Å². The van der Waals surface area contributed by atoms with Crippen molar-refractivity contribution in [2.24, 2.45) is 0 Å². The van der Waals surface area contributed by atoms with Crippen LogP contribution >= 0.6 is 27.3 Å². The van der Waals surface area contributed by atoms with Crippen LogP contribution in [0.2, 0.25) is 0 Å². The lowest BCUT2D eigenvalue weighted by Crippen LogP contribution is -1.81. The van der Waals surface area contributed by atoms with Gasteiger partial charge in [0.1, 0.15) is 10.8 Å². The van der Waals surface area contributed by atoms with Crippen LogP contribution < -0.4 is 10.5 Å². The summed E-state index contributed by atoms with van der Waals surface area (Å²) in [5.41, 5.74) is 5.53. The highest BCUT2D eigenvalue weighted by Crippen LogP contribution is 2.28. The number of hydrogen-bond acceptors (Lipinski definition) is 4. The molecule has 72 valence electrons. The fraction of sp³-hybridized carbons (Fsp3) is 0. The number of ether oxygens (including phenoxy) is 1. The Labute approximate surface area is 93.7 Å². The Hall–Kier alpha value is -1.07. The first kappa shape index (κ1) is 9.48. The third kappa shape index (κ3) is 2.24. The molecule has 1 heterocycles. The van der Waals surface area contributed by atoms with Crippen molar-refractivity contribution in [3.63, 3.8) is 0 Å². The second-order valence-corrected chi connectivity index (χ2v) is 4.53. The molecule has 1 aromatic heterocycles. The molecular weight excluding hydrogens is 264 g/mol. The highest BCUT2D eigenvalue weighted by molar-refractivity contribution is 9.10. The molecule has 0 amide bonds. The van der Waals surface area contributed by atoms with Crippen molar-refractivity contribution in [3.05, 3.63) is 34.9 Å². The van der Waals surface area contributed by atoms with Gasteiger partial charge in [0.15, 0.2) is 0 Å². The summed E-state index contributed by atoms with van der Waals surface area (Å²) in [6.45, 7) is 0. The molecule has 0 aliphatic rings. The topological polar surface area (TPSA) is 48.1 Å². The summed E-state index contributed by atoms with van der Waals surface area (Å²) in [6, 6.07) is 7.57. The maximum atomic E-state index is 5.53. The van der Waals surface area contributed by atoms with Crippen molar-refractivity contribution in [1.82, 2.24) is 4.98 Å². The zero-order valence-corrected chi connectivity index (χ0v) is 9.51. The van der Waals surface area contributed by atoms with Gasteiger partial charge in [-0.1, -0.05) is 33.3 Å². The van der Waals surface area contributed by atoms with E-state index >= 15 is 0 Å². The lowest BCUT2D eigenvalue weighted by Gasteiger charge is -2.00. The van der Waals surface area contributed by atoms with Crippen LogP contribution in [0.25, 0.3) is 0 Å². The van der Waals surface area contributed by atoms with Gasteiger partial charge in [0.25, 0.3) is 5.19 Å². The molecule has 0 bridgehead atoms. The van der Waals surface area contributed by atoms with Gasteiger partial charge >= 0.3 is 0 Å². The minimum absolute atomic E-state index is 0.556. The molecule has 0 atom stereocenters. The summed E-state index contributed by atoms with van der Waals surface area (Å²) >= 11 is 4.68. The third-order valence-corrected chi connectivity index (χ3v) is 2.70. The van der Waals surface area contributed by atoms with E-state index in [4.69, 9.17) is 10.5 Å². The van der Waals surface area contributed by atoms with Gasteiger partial charge in [-0.2, -0.15) is 0 Å². The van der Waals surface area contributed by atoms with E-state index in [2.05, 4.69) is 20.9 Å². The highest BCUT2D eigenvalue weighted by Gasteiger charge is 2.01. The number of rotatable bonds is 2. The molecule has 2 aromatic rings. The molecule has 1 aromatic carbocycles. The van der Waals surface area contributed by atoms with E-state index in [0.29, 0.717) is 10.2 Å². The molecule has 0 radical (unpaired) electrons. The number of benzene rings is 1. The van der Waals surface area contributed by atoms with Crippen LogP contribution in [0.3, 0.4) is 0 Å². The second kappa shape index (κ2) is 3.98. The Morgan fingerprint density at radius 2 is 2.29 bits per heavy atom. The fourth-order valence-electron chi connectivity index (χ4n) is 0.948. The van der Waals surface area contributed by atoms with Crippen molar-refractivity contribution >= 4 is 32.3 Å². The summed E-state index contributed by atoms with van der Waals surface area (Å²) in [5, 5.41) is 1.20. The smallest absolute Gasteiger partial charge is 0.280 e. The molecule has 2 N–H and O–H groups in total. The van der Waals surface area contributed by atoms with Crippen LogP contribution in [0.4, 0.5) is 5.00 Å². The van der Waals surface area contributed by atoms with Crippen LogP contribution in [0.5, 0.6) is 10.9 Å². The number of nitrogens with two attached hydrogens (primary N) is 1. The Bertz CT molecular complexity index is 444. The first-order chi connectivity index (χ1) is 6.74. The van der Waals surface area contributed by atoms with Gasteiger partial charge in [0.2, 0.25) is 0 Å². The molecule has 5 heteroatoms. The maximum absolute atomic E-state index is 5.53. The monoisotopic (exact) mass is 270 g/mol. The zero-order valence-electron chi connectivity index (χ0n) is 7.11. The van der Waals surface area contributed by atoms with Gasteiger partial charge in [-0.25, -0.2) is 4.98 Å². The third-order valence-electron chi connectivity index (χ3n) is 1.50. The summed E-state index contributed by atoms with van der Waals surface area (Å²) < 4.78 is 6.45. The highest BCUT2D eigenvalue weighted by atomic mass is 79.9. The summed E-state index contributed by atoms with van der Waals surface area (Å²) in [7, 11) is 0. The second-order valence-electron chi connectivity index (χ2n) is 2.59. The molecule has 0 saturated heterocycles. The van der Waals surface area contributed by atoms with E-state index in [-0.39, 0.29) is 0 Å². The van der Waals surface area contributed by atoms with E-state index in [1.807, 2.05) is 24.3 Å². The lowest BCUT2D eigenvalue weighted by atomic mass is 10.3. The Morgan fingerprint density at radius 3 is 2.93 bits per heavy atom. The Kier molecular flexibility index (Phi) is 2.69. The van der Waals surface area contributed by atoms with Gasteiger partial charge in [-0.15, -0.1) is 0 Å². The van der Waals surface area contributed by atoms with Crippen LogP contribution in [-0.2, 0) is 0 Å². The number of aromatic nitrogens is 1. The molecule has 0 fully saturated rings. The number of anilines is 1. The van der Waals surface area contributed by atoms with E-state index in [9.17, 15) is 0 Å². The van der Waals surface area contributed by atoms with Gasteiger partial charge in [0, 0.05) is 4.47 Å². The van der Waals surface area contributed by atoms with Crippen molar-refractivity contribution in [3.8, 4) is 10.9 Å². The Morgan fingerprint density at radius 1 is 1.43 bits per heavy atom. The van der Waals surface area contributed by atoms with Crippen molar-refractivity contribution < 1.29 is 4.74 Å². The van der Waals surface area contributed by atoms with E-state index in [1.54, 1.807) is 6.20 Å². The largest absolute Gasteiger partial charge is 0.431 e. The Balaban J connectivity index is 2.18. The molecule has 0 unspecified atom stereocenters. The minimum atomic E-state index is 0.556. The first-order valence-corrected chi connectivity index (χ1v) is 5.50. The summed E-state index contributed by atoms with van der Waals surface area (Å²) in [5.74, 6) is 0.744. The number of nitrogens with zero attached hydrogens (tertiary/aromatic N) is 1. The van der Waals surface area contributed by atoms with Gasteiger partial charge in [-0.3, -0.25) is 0 Å². The number of halogens is 1. The van der Waals surface area contributed by atoms with Crippen molar-refractivity contribution in [2.75, 3.05) is 5.73 Å². The average Bonchev–Trinajstić information content (AvgIpc) is 2.51. The molecule has 0 spiro atoms. The van der Waals surface area contributed by atoms with E-state index < -0.39 is 0 Å². The summed E-state index contributed by atoms with van der Waals surface area (Å²) in [6.07, 6.45) is 1.58. The number of nitrogen functional groups attached to an aromatic ring is 1. The molecule has 0 aliphatic carbocycles. The molecule has 14 heavy (non-hydrogen) atoms. The predicted molar refractivity (Wildman–Crippen MR) is 60.7 cm³/mol. The van der Waals surface area contributed by atoms with Crippen molar-refractivity contribution in [2.45, 2.75) is 0 Å². The van der Waals surface area contributed by atoms with E-state index in [1.165, 1.54) is 11.3 Å². The summed E-state index contributed by atoms with van der Waals surface area (Å²) in [4.78, 5) is 4.00. The van der Waals surface area contributed by atoms with Crippen LogP contribution in [0.15, 0.2) is 34.9 Å². The molecule has 2 rings (SSSR count).